The van der Waals surface area contributed by atoms with E-state index in [0.29, 0.717) is 17.5 Å². The van der Waals surface area contributed by atoms with Gasteiger partial charge in [-0.2, -0.15) is 0 Å². The maximum Gasteiger partial charge on any atom is 0.165 e. The lowest BCUT2D eigenvalue weighted by molar-refractivity contribution is 1.08. The van der Waals surface area contributed by atoms with Gasteiger partial charge in [-0.3, -0.25) is 4.98 Å². The number of nitrogens with zero attached hydrogens (tertiary/aromatic N) is 4. The number of rotatable bonds is 5. The van der Waals surface area contributed by atoms with Crippen molar-refractivity contribution in [3.05, 3.63) is 158 Å². The molecule has 9 aromatic rings. The summed E-state index contributed by atoms with van der Waals surface area (Å²) in [7, 11) is 0. The fraction of sp³-hybridized carbons (Fsp3) is 0. The van der Waals surface area contributed by atoms with E-state index in [2.05, 4.69) is 114 Å². The largest absolute Gasteiger partial charge is 0.265 e. The Hall–Kier alpha value is -6.04. The fourth-order valence-corrected chi connectivity index (χ4v) is 7.61. The highest BCUT2D eigenvalue weighted by atomic mass is 32.1. The molecule has 3 aromatic heterocycles. The van der Waals surface area contributed by atoms with E-state index >= 15 is 0 Å². The molecule has 0 amide bonds. The second-order valence-corrected chi connectivity index (χ2v) is 12.5. The lowest BCUT2D eigenvalue weighted by atomic mass is 9.91. The Bertz CT molecular complexity index is 2500. The maximum absolute atomic E-state index is 5.15. The van der Waals surface area contributed by atoms with Gasteiger partial charge < -0.3 is 0 Å². The predicted octanol–water partition coefficient (Wildman–Crippen LogP) is 11.1. The number of pyridine rings is 1. The molecule has 0 bridgehead atoms. The van der Waals surface area contributed by atoms with Gasteiger partial charge in [-0.05, 0) is 63.4 Å². The van der Waals surface area contributed by atoms with Crippen LogP contribution in [0.3, 0.4) is 0 Å². The number of hydrogen-bond donors (Lipinski definition) is 0. The molecule has 0 N–H and O–H groups in total. The standard InChI is InChI=1S/C42H26N4S/c1-3-11-28(12-4-1)40-44-41(29-13-5-2-6-14-29)46-42(45-40)37-26-30(25-36-35-17-9-10-18-38(35)47-39(36)37)32-20-19-31(27-21-23-43-24-22-27)33-15-7-8-16-34(32)33/h1-26H. The molecule has 0 fully saturated rings. The Kier molecular flexibility index (Phi) is 6.61. The van der Waals surface area contributed by atoms with Crippen molar-refractivity contribution in [1.82, 2.24) is 19.9 Å². The summed E-state index contributed by atoms with van der Waals surface area (Å²) in [5.41, 5.74) is 7.53. The molecule has 0 radical (unpaired) electrons. The van der Waals surface area contributed by atoms with Crippen LogP contribution in [0.1, 0.15) is 0 Å². The third-order valence-electron chi connectivity index (χ3n) is 8.64. The van der Waals surface area contributed by atoms with Gasteiger partial charge >= 0.3 is 0 Å². The van der Waals surface area contributed by atoms with Gasteiger partial charge in [0.2, 0.25) is 0 Å². The Morgan fingerprint density at radius 3 is 1.53 bits per heavy atom. The third-order valence-corrected chi connectivity index (χ3v) is 9.86. The predicted molar refractivity (Wildman–Crippen MR) is 195 cm³/mol. The van der Waals surface area contributed by atoms with Crippen molar-refractivity contribution < 1.29 is 0 Å². The minimum atomic E-state index is 0.654. The van der Waals surface area contributed by atoms with Gasteiger partial charge in [0, 0.05) is 49.3 Å². The summed E-state index contributed by atoms with van der Waals surface area (Å²) in [6.45, 7) is 0. The van der Waals surface area contributed by atoms with Gasteiger partial charge in [0.05, 0.1) is 0 Å². The van der Waals surface area contributed by atoms with E-state index in [1.807, 2.05) is 48.8 Å². The molecule has 0 saturated heterocycles. The molecule has 0 unspecified atom stereocenters. The molecule has 3 heterocycles. The topological polar surface area (TPSA) is 51.6 Å². The highest BCUT2D eigenvalue weighted by molar-refractivity contribution is 7.26. The van der Waals surface area contributed by atoms with Crippen molar-refractivity contribution in [3.63, 3.8) is 0 Å². The molecule has 0 spiro atoms. The Morgan fingerprint density at radius 2 is 0.894 bits per heavy atom. The summed E-state index contributed by atoms with van der Waals surface area (Å²) >= 11 is 1.79. The number of aromatic nitrogens is 4. The molecule has 0 aliphatic heterocycles. The maximum atomic E-state index is 5.15. The first-order chi connectivity index (χ1) is 23.3. The van der Waals surface area contributed by atoms with Gasteiger partial charge in [0.25, 0.3) is 0 Å². The summed E-state index contributed by atoms with van der Waals surface area (Å²) < 4.78 is 2.40. The molecule has 0 atom stereocenters. The van der Waals surface area contributed by atoms with Gasteiger partial charge in [-0.15, -0.1) is 11.3 Å². The van der Waals surface area contributed by atoms with Crippen molar-refractivity contribution in [2.24, 2.45) is 0 Å². The zero-order chi connectivity index (χ0) is 31.2. The van der Waals surface area contributed by atoms with Crippen LogP contribution in [0.2, 0.25) is 0 Å². The SMILES string of the molecule is c1ccc(-c2nc(-c3ccccc3)nc(-c3cc(-c4ccc(-c5ccncc5)c5ccccc45)cc4c3sc3ccccc34)n2)cc1. The minimum absolute atomic E-state index is 0.654. The molecule has 4 nitrogen and oxygen atoms in total. The fourth-order valence-electron chi connectivity index (χ4n) is 6.41. The summed E-state index contributed by atoms with van der Waals surface area (Å²) in [4.78, 5) is 19.5. The Balaban J connectivity index is 1.34. The van der Waals surface area contributed by atoms with Crippen LogP contribution < -0.4 is 0 Å². The molecule has 47 heavy (non-hydrogen) atoms. The molecular formula is C42H26N4S. The van der Waals surface area contributed by atoms with E-state index in [-0.39, 0.29) is 0 Å². The van der Waals surface area contributed by atoms with Crippen molar-refractivity contribution in [2.45, 2.75) is 0 Å². The normalized spacial score (nSPS) is 11.4. The van der Waals surface area contributed by atoms with Gasteiger partial charge in [0.1, 0.15) is 0 Å². The van der Waals surface area contributed by atoms with E-state index < -0.39 is 0 Å². The van der Waals surface area contributed by atoms with Crippen molar-refractivity contribution in [2.75, 3.05) is 0 Å². The molecule has 5 heteroatoms. The lowest BCUT2D eigenvalue weighted by Crippen LogP contribution is -2.00. The summed E-state index contributed by atoms with van der Waals surface area (Å²) in [5.74, 6) is 1.97. The molecule has 220 valence electrons. The molecule has 0 aliphatic rings. The molecule has 6 aromatic carbocycles. The number of benzene rings is 6. The summed E-state index contributed by atoms with van der Waals surface area (Å²) in [6.07, 6.45) is 3.70. The second-order valence-electron chi connectivity index (χ2n) is 11.5. The van der Waals surface area contributed by atoms with Crippen LogP contribution in [0, 0.1) is 0 Å². The lowest BCUT2D eigenvalue weighted by Gasteiger charge is -2.14. The van der Waals surface area contributed by atoms with Crippen molar-refractivity contribution >= 4 is 42.3 Å². The average molecular weight is 619 g/mol. The van der Waals surface area contributed by atoms with Crippen molar-refractivity contribution in [3.8, 4) is 56.4 Å². The van der Waals surface area contributed by atoms with Crippen LogP contribution in [0.25, 0.3) is 87.4 Å². The van der Waals surface area contributed by atoms with Crippen LogP contribution in [-0.4, -0.2) is 19.9 Å². The second kappa shape index (κ2) is 11.4. The quantitative estimate of drug-likeness (QED) is 0.193. The van der Waals surface area contributed by atoms with E-state index in [4.69, 9.17) is 15.0 Å². The highest BCUT2D eigenvalue weighted by Crippen LogP contribution is 2.44. The number of thiophene rings is 1. The first kappa shape index (κ1) is 27.3. The van der Waals surface area contributed by atoms with E-state index in [0.717, 1.165) is 38.1 Å². The smallest absolute Gasteiger partial charge is 0.165 e. The van der Waals surface area contributed by atoms with Gasteiger partial charge in [-0.1, -0.05) is 115 Å². The molecule has 0 saturated carbocycles. The third kappa shape index (κ3) is 4.85. The first-order valence-corrected chi connectivity index (χ1v) is 16.4. The first-order valence-electron chi connectivity index (χ1n) is 15.6. The Labute approximate surface area is 275 Å². The number of fused-ring (bicyclic) bond motifs is 4. The summed E-state index contributed by atoms with van der Waals surface area (Å²) in [6, 6.07) is 50.8. The monoisotopic (exact) mass is 618 g/mol. The molecule has 9 rings (SSSR count). The number of hydrogen-bond acceptors (Lipinski definition) is 5. The van der Waals surface area contributed by atoms with Gasteiger partial charge in [0.15, 0.2) is 17.5 Å². The highest BCUT2D eigenvalue weighted by Gasteiger charge is 2.19. The zero-order valence-electron chi connectivity index (χ0n) is 25.2. The molecular weight excluding hydrogens is 593 g/mol. The van der Waals surface area contributed by atoms with Gasteiger partial charge in [-0.25, -0.2) is 15.0 Å². The minimum Gasteiger partial charge on any atom is -0.265 e. The van der Waals surface area contributed by atoms with Crippen LogP contribution in [0.5, 0.6) is 0 Å². The van der Waals surface area contributed by atoms with Crippen LogP contribution in [-0.2, 0) is 0 Å². The van der Waals surface area contributed by atoms with E-state index in [1.165, 1.54) is 31.8 Å². The van der Waals surface area contributed by atoms with E-state index in [9.17, 15) is 0 Å². The van der Waals surface area contributed by atoms with E-state index in [1.54, 1.807) is 11.3 Å². The Morgan fingerprint density at radius 1 is 0.362 bits per heavy atom. The molecule has 0 aliphatic carbocycles. The average Bonchev–Trinajstić information content (AvgIpc) is 3.53. The van der Waals surface area contributed by atoms with Crippen LogP contribution >= 0.6 is 11.3 Å². The van der Waals surface area contributed by atoms with Crippen LogP contribution in [0.4, 0.5) is 0 Å². The van der Waals surface area contributed by atoms with Crippen LogP contribution in [0.15, 0.2) is 158 Å². The van der Waals surface area contributed by atoms with Crippen molar-refractivity contribution in [1.29, 1.82) is 0 Å². The zero-order valence-corrected chi connectivity index (χ0v) is 26.0. The summed E-state index contributed by atoms with van der Waals surface area (Å²) in [5, 5.41) is 4.82.